The molecule has 0 aliphatic rings. The third-order valence-electron chi connectivity index (χ3n) is 2.75. The van der Waals surface area contributed by atoms with Crippen LogP contribution < -0.4 is 5.73 Å². The van der Waals surface area contributed by atoms with Gasteiger partial charge in [-0.15, -0.1) is 5.10 Å². The first kappa shape index (κ1) is 11.6. The second-order valence-electron chi connectivity index (χ2n) is 5.27. The van der Waals surface area contributed by atoms with Crippen LogP contribution in [0.5, 0.6) is 0 Å². The Morgan fingerprint density at radius 3 is 2.41 bits per heavy atom. The molecule has 90 valence electrons. The Kier molecular flexibility index (Phi) is 2.65. The topological polar surface area (TPSA) is 56.7 Å². The van der Waals surface area contributed by atoms with Crippen LogP contribution in [0.2, 0.25) is 0 Å². The van der Waals surface area contributed by atoms with Crippen LogP contribution in [0.25, 0.3) is 5.69 Å². The summed E-state index contributed by atoms with van der Waals surface area (Å²) in [6.45, 7) is 8.38. The third kappa shape index (κ3) is 2.02. The summed E-state index contributed by atoms with van der Waals surface area (Å²) in [5.74, 6) is 0.501. The van der Waals surface area contributed by atoms with Gasteiger partial charge in [-0.2, -0.15) is 0 Å². The van der Waals surface area contributed by atoms with Gasteiger partial charge in [0.05, 0.1) is 11.4 Å². The first-order chi connectivity index (χ1) is 7.91. The van der Waals surface area contributed by atoms with Gasteiger partial charge in [-0.1, -0.05) is 44.2 Å². The van der Waals surface area contributed by atoms with Gasteiger partial charge < -0.3 is 5.73 Å². The Hall–Kier alpha value is -1.84. The number of aromatic nitrogens is 3. The molecule has 1 aromatic heterocycles. The number of nitrogens with zero attached hydrogens (tertiary/aromatic N) is 3. The molecule has 0 saturated carbocycles. The van der Waals surface area contributed by atoms with Crippen LogP contribution in [0.15, 0.2) is 24.3 Å². The molecule has 0 radical (unpaired) electrons. The van der Waals surface area contributed by atoms with Crippen LogP contribution in [0.4, 0.5) is 5.82 Å². The summed E-state index contributed by atoms with van der Waals surface area (Å²) < 4.78 is 1.84. The molecule has 0 atom stereocenters. The SMILES string of the molecule is Cc1ccccc1-n1nnc(N)c1C(C)(C)C. The zero-order chi connectivity index (χ0) is 12.6. The van der Waals surface area contributed by atoms with Crippen LogP contribution in [-0.4, -0.2) is 15.0 Å². The lowest BCUT2D eigenvalue weighted by atomic mass is 9.91. The van der Waals surface area contributed by atoms with E-state index < -0.39 is 0 Å². The van der Waals surface area contributed by atoms with Gasteiger partial charge in [-0.05, 0) is 18.6 Å². The van der Waals surface area contributed by atoms with Crippen LogP contribution in [0.3, 0.4) is 0 Å². The molecule has 4 nitrogen and oxygen atoms in total. The van der Waals surface area contributed by atoms with Gasteiger partial charge in [0.15, 0.2) is 5.82 Å². The van der Waals surface area contributed by atoms with Crippen LogP contribution in [0.1, 0.15) is 32.0 Å². The van der Waals surface area contributed by atoms with E-state index in [4.69, 9.17) is 5.73 Å². The monoisotopic (exact) mass is 230 g/mol. The fraction of sp³-hybridized carbons (Fsp3) is 0.385. The maximum atomic E-state index is 5.92. The van der Waals surface area contributed by atoms with E-state index in [1.807, 2.05) is 22.9 Å². The quantitative estimate of drug-likeness (QED) is 0.818. The van der Waals surface area contributed by atoms with E-state index in [1.165, 1.54) is 0 Å². The Morgan fingerprint density at radius 1 is 1.18 bits per heavy atom. The van der Waals surface area contributed by atoms with E-state index in [0.717, 1.165) is 16.9 Å². The molecule has 0 unspecified atom stereocenters. The fourth-order valence-corrected chi connectivity index (χ4v) is 1.97. The molecule has 0 saturated heterocycles. The molecule has 2 rings (SSSR count). The van der Waals surface area contributed by atoms with Crippen molar-refractivity contribution in [1.82, 2.24) is 15.0 Å². The third-order valence-corrected chi connectivity index (χ3v) is 2.75. The van der Waals surface area contributed by atoms with E-state index in [0.29, 0.717) is 5.82 Å². The molecule has 4 heteroatoms. The Morgan fingerprint density at radius 2 is 1.82 bits per heavy atom. The molecule has 1 aromatic carbocycles. The molecule has 0 fully saturated rings. The minimum atomic E-state index is -0.0874. The molecule has 0 bridgehead atoms. The number of nitrogens with two attached hydrogens (primary N) is 1. The van der Waals surface area contributed by atoms with Crippen molar-refractivity contribution in [2.45, 2.75) is 33.1 Å². The average Bonchev–Trinajstić information content (AvgIpc) is 2.60. The van der Waals surface area contributed by atoms with Crippen molar-refractivity contribution in [2.24, 2.45) is 0 Å². The highest BCUT2D eigenvalue weighted by Crippen LogP contribution is 2.28. The van der Waals surface area contributed by atoms with Crippen molar-refractivity contribution in [2.75, 3.05) is 5.73 Å². The predicted octanol–water partition coefficient (Wildman–Crippen LogP) is 2.46. The number of hydrogen-bond acceptors (Lipinski definition) is 3. The molecule has 2 N–H and O–H groups in total. The lowest BCUT2D eigenvalue weighted by Crippen LogP contribution is -2.19. The average molecular weight is 230 g/mol. The van der Waals surface area contributed by atoms with Gasteiger partial charge in [0.2, 0.25) is 0 Å². The molecular formula is C13H18N4. The van der Waals surface area contributed by atoms with Gasteiger partial charge in [0.1, 0.15) is 0 Å². The lowest BCUT2D eigenvalue weighted by Gasteiger charge is -2.20. The summed E-state index contributed by atoms with van der Waals surface area (Å²) in [5.41, 5.74) is 8.97. The molecule has 0 amide bonds. The highest BCUT2D eigenvalue weighted by molar-refractivity contribution is 5.47. The number of hydrogen-bond donors (Lipinski definition) is 1. The maximum Gasteiger partial charge on any atom is 0.170 e. The van der Waals surface area contributed by atoms with Gasteiger partial charge >= 0.3 is 0 Å². The number of para-hydroxylation sites is 1. The van der Waals surface area contributed by atoms with E-state index in [2.05, 4.69) is 44.1 Å². The summed E-state index contributed by atoms with van der Waals surface area (Å²) in [4.78, 5) is 0. The van der Waals surface area contributed by atoms with Crippen LogP contribution >= 0.6 is 0 Å². The number of benzene rings is 1. The summed E-state index contributed by atoms with van der Waals surface area (Å²) in [5, 5.41) is 8.15. The second kappa shape index (κ2) is 3.87. The standard InChI is InChI=1S/C13H18N4/c1-9-7-5-6-8-10(9)17-11(13(2,3)4)12(14)15-16-17/h5-8H,14H2,1-4H3. The van der Waals surface area contributed by atoms with E-state index in [-0.39, 0.29) is 5.41 Å². The largest absolute Gasteiger partial charge is 0.381 e. The Bertz CT molecular complexity index is 535. The Labute approximate surface area is 101 Å². The molecular weight excluding hydrogens is 212 g/mol. The van der Waals surface area contributed by atoms with Gasteiger partial charge in [-0.25, -0.2) is 4.68 Å². The second-order valence-corrected chi connectivity index (χ2v) is 5.27. The fourth-order valence-electron chi connectivity index (χ4n) is 1.97. The van der Waals surface area contributed by atoms with E-state index in [1.54, 1.807) is 0 Å². The molecule has 2 aromatic rings. The summed E-state index contributed by atoms with van der Waals surface area (Å²) >= 11 is 0. The van der Waals surface area contributed by atoms with Crippen molar-refractivity contribution >= 4 is 5.82 Å². The van der Waals surface area contributed by atoms with Crippen molar-refractivity contribution in [1.29, 1.82) is 0 Å². The summed E-state index contributed by atoms with van der Waals surface area (Å²) in [7, 11) is 0. The molecule has 0 aliphatic carbocycles. The Balaban J connectivity index is 2.66. The highest BCUT2D eigenvalue weighted by Gasteiger charge is 2.25. The first-order valence-corrected chi connectivity index (χ1v) is 5.69. The van der Waals surface area contributed by atoms with E-state index in [9.17, 15) is 0 Å². The zero-order valence-electron chi connectivity index (χ0n) is 10.7. The normalized spacial score (nSPS) is 11.8. The first-order valence-electron chi connectivity index (χ1n) is 5.69. The number of rotatable bonds is 1. The van der Waals surface area contributed by atoms with Crippen molar-refractivity contribution in [3.63, 3.8) is 0 Å². The summed E-state index contributed by atoms with van der Waals surface area (Å²) in [6, 6.07) is 8.08. The van der Waals surface area contributed by atoms with Gasteiger partial charge in [0.25, 0.3) is 0 Å². The van der Waals surface area contributed by atoms with Crippen LogP contribution in [-0.2, 0) is 5.41 Å². The predicted molar refractivity (Wildman–Crippen MR) is 69.2 cm³/mol. The molecule has 17 heavy (non-hydrogen) atoms. The number of anilines is 1. The molecule has 1 heterocycles. The number of nitrogen functional groups attached to an aromatic ring is 1. The summed E-state index contributed by atoms with van der Waals surface area (Å²) in [6.07, 6.45) is 0. The van der Waals surface area contributed by atoms with Crippen molar-refractivity contribution < 1.29 is 0 Å². The lowest BCUT2D eigenvalue weighted by molar-refractivity contribution is 0.544. The molecule has 0 aliphatic heterocycles. The van der Waals surface area contributed by atoms with Crippen molar-refractivity contribution in [3.8, 4) is 5.69 Å². The van der Waals surface area contributed by atoms with Crippen molar-refractivity contribution in [3.05, 3.63) is 35.5 Å². The number of aryl methyl sites for hydroxylation is 1. The van der Waals surface area contributed by atoms with Gasteiger partial charge in [-0.3, -0.25) is 0 Å². The molecule has 0 spiro atoms. The van der Waals surface area contributed by atoms with E-state index >= 15 is 0 Å². The highest BCUT2D eigenvalue weighted by atomic mass is 15.4. The zero-order valence-corrected chi connectivity index (χ0v) is 10.7. The minimum absolute atomic E-state index is 0.0874. The minimum Gasteiger partial charge on any atom is -0.381 e. The van der Waals surface area contributed by atoms with Gasteiger partial charge in [0, 0.05) is 5.41 Å². The smallest absolute Gasteiger partial charge is 0.170 e. The maximum absolute atomic E-state index is 5.92. The van der Waals surface area contributed by atoms with Crippen LogP contribution in [0, 0.1) is 6.92 Å².